The van der Waals surface area contributed by atoms with Gasteiger partial charge in [0, 0.05) is 45.7 Å². The highest BCUT2D eigenvalue weighted by Crippen LogP contribution is 2.18. The summed E-state index contributed by atoms with van der Waals surface area (Å²) in [6.07, 6.45) is 0.862. The predicted molar refractivity (Wildman–Crippen MR) is 115 cm³/mol. The number of hydrogen-bond donors (Lipinski definition) is 0. The van der Waals surface area contributed by atoms with Gasteiger partial charge in [0.05, 0.1) is 19.3 Å². The molecule has 7 heteroatoms. The highest BCUT2D eigenvalue weighted by molar-refractivity contribution is 5.78. The summed E-state index contributed by atoms with van der Waals surface area (Å²) >= 11 is 0. The van der Waals surface area contributed by atoms with E-state index >= 15 is 0 Å². The van der Waals surface area contributed by atoms with Gasteiger partial charge in [-0.15, -0.1) is 0 Å². The van der Waals surface area contributed by atoms with Crippen molar-refractivity contribution in [1.82, 2.24) is 14.7 Å². The molecule has 0 bridgehead atoms. The standard InChI is InChI=1S/C23H35N3O4/c1-23(2,3)30-22(28)26-14-15-29-18-20(26)16-21(27)25-11-7-10-24(12-13-25)17-19-8-5-4-6-9-19/h4-6,8-9,20H,7,10-18H2,1-3H3. The zero-order valence-electron chi connectivity index (χ0n) is 18.5. The summed E-state index contributed by atoms with van der Waals surface area (Å²) in [4.78, 5) is 31.6. The number of carbonyl (C=O) groups excluding carboxylic acids is 2. The number of rotatable bonds is 4. The van der Waals surface area contributed by atoms with Crippen molar-refractivity contribution in [2.24, 2.45) is 0 Å². The van der Waals surface area contributed by atoms with Gasteiger partial charge in [-0.25, -0.2) is 4.79 Å². The smallest absolute Gasteiger partial charge is 0.410 e. The van der Waals surface area contributed by atoms with E-state index in [-0.39, 0.29) is 24.5 Å². The van der Waals surface area contributed by atoms with E-state index in [1.807, 2.05) is 31.7 Å². The third-order valence-electron chi connectivity index (χ3n) is 5.46. The van der Waals surface area contributed by atoms with Crippen molar-refractivity contribution in [1.29, 1.82) is 0 Å². The molecule has 0 N–H and O–H groups in total. The number of benzene rings is 1. The van der Waals surface area contributed by atoms with Crippen molar-refractivity contribution < 1.29 is 19.1 Å². The van der Waals surface area contributed by atoms with Crippen LogP contribution in [0.3, 0.4) is 0 Å². The molecule has 166 valence electrons. The number of amides is 2. The van der Waals surface area contributed by atoms with E-state index in [1.54, 1.807) is 4.90 Å². The fraction of sp³-hybridized carbons (Fsp3) is 0.652. The molecule has 0 radical (unpaired) electrons. The Morgan fingerprint density at radius 2 is 1.83 bits per heavy atom. The van der Waals surface area contributed by atoms with Crippen molar-refractivity contribution >= 4 is 12.0 Å². The fourth-order valence-electron chi connectivity index (χ4n) is 3.94. The summed E-state index contributed by atoms with van der Waals surface area (Å²) in [5.74, 6) is 0.0839. The Morgan fingerprint density at radius 3 is 2.57 bits per heavy atom. The molecule has 2 fully saturated rings. The van der Waals surface area contributed by atoms with Gasteiger partial charge >= 0.3 is 6.09 Å². The Balaban J connectivity index is 1.53. The molecule has 0 aliphatic carbocycles. The topological polar surface area (TPSA) is 62.3 Å². The maximum absolute atomic E-state index is 13.0. The second-order valence-corrected chi connectivity index (χ2v) is 9.10. The first-order valence-electron chi connectivity index (χ1n) is 10.9. The van der Waals surface area contributed by atoms with E-state index in [0.29, 0.717) is 26.3 Å². The molecule has 2 aliphatic heterocycles. The van der Waals surface area contributed by atoms with Crippen LogP contribution in [-0.4, -0.2) is 84.3 Å². The average molecular weight is 418 g/mol. The first-order chi connectivity index (χ1) is 14.3. The molecule has 1 aromatic rings. The first kappa shape index (κ1) is 22.6. The van der Waals surface area contributed by atoms with Crippen molar-refractivity contribution in [2.75, 3.05) is 45.9 Å². The summed E-state index contributed by atoms with van der Waals surface area (Å²) in [5.41, 5.74) is 0.737. The number of morpholine rings is 1. The molecular weight excluding hydrogens is 382 g/mol. The Labute approximate surface area is 179 Å². The molecule has 2 saturated heterocycles. The van der Waals surface area contributed by atoms with Gasteiger partial charge in [-0.1, -0.05) is 30.3 Å². The fourth-order valence-corrected chi connectivity index (χ4v) is 3.94. The Morgan fingerprint density at radius 1 is 1.07 bits per heavy atom. The maximum atomic E-state index is 13.0. The Bertz CT molecular complexity index is 704. The molecule has 0 aromatic heterocycles. The van der Waals surface area contributed by atoms with Crippen LogP contribution < -0.4 is 0 Å². The normalized spacial score (nSPS) is 21.2. The van der Waals surface area contributed by atoms with Crippen LogP contribution in [0.2, 0.25) is 0 Å². The Kier molecular flexibility index (Phi) is 7.72. The molecule has 1 atom stereocenters. The summed E-state index contributed by atoms with van der Waals surface area (Å²) in [6.45, 7) is 11.1. The minimum Gasteiger partial charge on any atom is -0.444 e. The molecule has 0 spiro atoms. The van der Waals surface area contributed by atoms with E-state index < -0.39 is 5.60 Å². The van der Waals surface area contributed by atoms with Crippen molar-refractivity contribution in [3.63, 3.8) is 0 Å². The minimum atomic E-state index is -0.559. The molecule has 1 unspecified atom stereocenters. The third kappa shape index (κ3) is 6.71. The van der Waals surface area contributed by atoms with Crippen LogP contribution in [0.1, 0.15) is 39.2 Å². The highest BCUT2D eigenvalue weighted by atomic mass is 16.6. The second-order valence-electron chi connectivity index (χ2n) is 9.10. The molecule has 2 amide bonds. The third-order valence-corrected chi connectivity index (χ3v) is 5.46. The van der Waals surface area contributed by atoms with Gasteiger partial charge < -0.3 is 19.3 Å². The largest absolute Gasteiger partial charge is 0.444 e. The SMILES string of the molecule is CC(C)(C)OC(=O)N1CCOCC1CC(=O)N1CCCN(Cc2ccccc2)CC1. The van der Waals surface area contributed by atoms with Crippen molar-refractivity contribution in [3.8, 4) is 0 Å². The van der Waals surface area contributed by atoms with Gasteiger partial charge in [0.1, 0.15) is 5.60 Å². The van der Waals surface area contributed by atoms with Gasteiger partial charge in [0.25, 0.3) is 0 Å². The summed E-state index contributed by atoms with van der Waals surface area (Å²) in [5, 5.41) is 0. The monoisotopic (exact) mass is 417 g/mol. The molecular formula is C23H35N3O4. The van der Waals surface area contributed by atoms with Gasteiger partial charge in [-0.3, -0.25) is 9.69 Å². The van der Waals surface area contributed by atoms with Gasteiger partial charge in [-0.2, -0.15) is 0 Å². The highest BCUT2D eigenvalue weighted by Gasteiger charge is 2.33. The van der Waals surface area contributed by atoms with E-state index in [1.165, 1.54) is 5.56 Å². The minimum absolute atomic E-state index is 0.0839. The lowest BCUT2D eigenvalue weighted by Crippen LogP contribution is -2.52. The molecule has 30 heavy (non-hydrogen) atoms. The quantitative estimate of drug-likeness (QED) is 0.754. The molecule has 7 nitrogen and oxygen atoms in total. The van der Waals surface area contributed by atoms with E-state index in [2.05, 4.69) is 29.2 Å². The summed E-state index contributed by atoms with van der Waals surface area (Å²) in [6, 6.07) is 10.2. The van der Waals surface area contributed by atoms with Crippen LogP contribution >= 0.6 is 0 Å². The zero-order valence-corrected chi connectivity index (χ0v) is 18.5. The van der Waals surface area contributed by atoms with Crippen LogP contribution in [0.25, 0.3) is 0 Å². The molecule has 2 heterocycles. The zero-order chi connectivity index (χ0) is 21.6. The lowest BCUT2D eigenvalue weighted by atomic mass is 10.1. The van der Waals surface area contributed by atoms with Crippen LogP contribution in [0.4, 0.5) is 4.79 Å². The average Bonchev–Trinajstić information content (AvgIpc) is 2.93. The number of ether oxygens (including phenoxy) is 2. The van der Waals surface area contributed by atoms with Gasteiger partial charge in [-0.05, 0) is 32.8 Å². The predicted octanol–water partition coefficient (Wildman–Crippen LogP) is 2.75. The molecule has 2 aliphatic rings. The number of nitrogens with zero attached hydrogens (tertiary/aromatic N) is 3. The Hall–Kier alpha value is -2.12. The van der Waals surface area contributed by atoms with Crippen molar-refractivity contribution in [3.05, 3.63) is 35.9 Å². The molecule has 1 aromatic carbocycles. The van der Waals surface area contributed by atoms with Crippen LogP contribution in [0, 0.1) is 0 Å². The van der Waals surface area contributed by atoms with Crippen molar-refractivity contribution in [2.45, 2.75) is 51.8 Å². The van der Waals surface area contributed by atoms with Crippen LogP contribution in [0.15, 0.2) is 30.3 Å². The number of hydrogen-bond acceptors (Lipinski definition) is 5. The number of carbonyl (C=O) groups is 2. The van der Waals surface area contributed by atoms with Gasteiger partial charge in [0.2, 0.25) is 5.91 Å². The lowest BCUT2D eigenvalue weighted by molar-refractivity contribution is -0.133. The lowest BCUT2D eigenvalue weighted by Gasteiger charge is -2.37. The van der Waals surface area contributed by atoms with Crippen LogP contribution in [-0.2, 0) is 20.8 Å². The summed E-state index contributed by atoms with van der Waals surface area (Å²) in [7, 11) is 0. The van der Waals surface area contributed by atoms with Gasteiger partial charge in [0.15, 0.2) is 0 Å². The van der Waals surface area contributed by atoms with E-state index in [0.717, 1.165) is 32.6 Å². The summed E-state index contributed by atoms with van der Waals surface area (Å²) < 4.78 is 11.1. The maximum Gasteiger partial charge on any atom is 0.410 e. The van der Waals surface area contributed by atoms with E-state index in [4.69, 9.17) is 9.47 Å². The second kappa shape index (κ2) is 10.3. The van der Waals surface area contributed by atoms with Crippen LogP contribution in [0.5, 0.6) is 0 Å². The molecule has 3 rings (SSSR count). The first-order valence-corrected chi connectivity index (χ1v) is 10.9. The van der Waals surface area contributed by atoms with E-state index in [9.17, 15) is 9.59 Å². The molecule has 0 saturated carbocycles.